The highest BCUT2D eigenvalue weighted by atomic mass is 16.3. The molecular formula is C23H19N3O2. The lowest BCUT2D eigenvalue weighted by Gasteiger charge is -2.36. The van der Waals surface area contributed by atoms with Gasteiger partial charge in [0.15, 0.2) is 0 Å². The average molecular weight is 369 g/mol. The molecule has 1 N–H and O–H groups in total. The van der Waals surface area contributed by atoms with Crippen molar-refractivity contribution in [2.45, 2.75) is 19.8 Å². The zero-order valence-corrected chi connectivity index (χ0v) is 15.7. The van der Waals surface area contributed by atoms with Gasteiger partial charge in [-0.25, -0.2) is 0 Å². The Bertz CT molecular complexity index is 1280. The predicted molar refractivity (Wildman–Crippen MR) is 109 cm³/mol. The van der Waals surface area contributed by atoms with Crippen LogP contribution in [0.2, 0.25) is 0 Å². The number of nitrogens with zero attached hydrogens (tertiary/aromatic N) is 2. The van der Waals surface area contributed by atoms with Crippen molar-refractivity contribution in [2.75, 3.05) is 13.1 Å². The number of furan rings is 1. The van der Waals surface area contributed by atoms with E-state index in [-0.39, 0.29) is 11.8 Å². The standard InChI is InChI=1S/C23H19N3O2/c1-3-4-22(27)26-12-17(13-26)21-9-15-6-7-16(10-20(15)28-21)23-14(2)5-8-19-18(23)11-24-25-19/h5-11,17H,12-13H2,1-2H3,(H,24,25). The maximum atomic E-state index is 11.8. The third-order valence-corrected chi connectivity index (χ3v) is 5.46. The molecule has 138 valence electrons. The van der Waals surface area contributed by atoms with Crippen LogP contribution in [-0.2, 0) is 4.79 Å². The summed E-state index contributed by atoms with van der Waals surface area (Å²) in [4.78, 5) is 13.6. The smallest absolute Gasteiger partial charge is 0.298 e. The van der Waals surface area contributed by atoms with Gasteiger partial charge in [0.25, 0.3) is 5.91 Å². The van der Waals surface area contributed by atoms with Crippen LogP contribution in [0.5, 0.6) is 0 Å². The number of carbonyl (C=O) groups excluding carboxylic acids is 1. The number of aromatic amines is 1. The van der Waals surface area contributed by atoms with Crippen molar-refractivity contribution < 1.29 is 9.21 Å². The number of aromatic nitrogens is 2. The molecule has 0 unspecified atom stereocenters. The quantitative estimate of drug-likeness (QED) is 0.538. The molecule has 2 aromatic carbocycles. The first-order valence-corrected chi connectivity index (χ1v) is 9.32. The Balaban J connectivity index is 1.48. The Hall–Kier alpha value is -3.52. The molecule has 1 fully saturated rings. The molecule has 0 atom stereocenters. The van der Waals surface area contributed by atoms with Gasteiger partial charge in [-0.15, -0.1) is 0 Å². The maximum Gasteiger partial charge on any atom is 0.298 e. The van der Waals surface area contributed by atoms with Gasteiger partial charge < -0.3 is 9.32 Å². The fourth-order valence-electron chi connectivity index (χ4n) is 3.93. The first-order chi connectivity index (χ1) is 13.6. The number of fused-ring (bicyclic) bond motifs is 2. The van der Waals surface area contributed by atoms with Crippen LogP contribution in [0.4, 0.5) is 0 Å². The Morgan fingerprint density at radius 3 is 2.93 bits per heavy atom. The second kappa shape index (κ2) is 6.28. The lowest BCUT2D eigenvalue weighted by Crippen LogP contribution is -2.47. The van der Waals surface area contributed by atoms with E-state index in [9.17, 15) is 4.79 Å². The minimum atomic E-state index is -0.110. The Kier molecular flexibility index (Phi) is 3.73. The molecule has 1 amide bonds. The minimum Gasteiger partial charge on any atom is -0.461 e. The zero-order chi connectivity index (χ0) is 19.3. The Morgan fingerprint density at radius 1 is 1.25 bits per heavy atom. The summed E-state index contributed by atoms with van der Waals surface area (Å²) in [6.07, 6.45) is 1.87. The van der Waals surface area contributed by atoms with Crippen molar-refractivity contribution in [3.63, 3.8) is 0 Å². The number of hydrogen-bond donors (Lipinski definition) is 1. The second-order valence-corrected chi connectivity index (χ2v) is 7.27. The maximum absolute atomic E-state index is 11.8. The summed E-state index contributed by atoms with van der Waals surface area (Å²) in [7, 11) is 0. The number of amides is 1. The lowest BCUT2D eigenvalue weighted by molar-refractivity contribution is -0.129. The molecule has 3 heterocycles. The van der Waals surface area contributed by atoms with Gasteiger partial charge in [-0.3, -0.25) is 9.89 Å². The van der Waals surface area contributed by atoms with Gasteiger partial charge in [0.2, 0.25) is 0 Å². The molecule has 1 aliphatic heterocycles. The number of carbonyl (C=O) groups is 1. The summed E-state index contributed by atoms with van der Waals surface area (Å²) < 4.78 is 6.16. The van der Waals surface area contributed by atoms with E-state index in [2.05, 4.69) is 65.4 Å². The summed E-state index contributed by atoms with van der Waals surface area (Å²) in [5, 5.41) is 9.40. The Labute approximate surface area is 162 Å². The summed E-state index contributed by atoms with van der Waals surface area (Å²) in [6.45, 7) is 5.11. The number of hydrogen-bond acceptors (Lipinski definition) is 3. The zero-order valence-electron chi connectivity index (χ0n) is 15.7. The number of rotatable bonds is 2. The Morgan fingerprint density at radius 2 is 2.11 bits per heavy atom. The van der Waals surface area contributed by atoms with Gasteiger partial charge in [0, 0.05) is 23.9 Å². The molecular weight excluding hydrogens is 350 g/mol. The summed E-state index contributed by atoms with van der Waals surface area (Å²) in [6, 6.07) is 12.6. The van der Waals surface area contributed by atoms with Crippen LogP contribution in [0.25, 0.3) is 33.0 Å². The summed E-state index contributed by atoms with van der Waals surface area (Å²) in [5.74, 6) is 6.30. The largest absolute Gasteiger partial charge is 0.461 e. The van der Waals surface area contributed by atoms with Crippen molar-refractivity contribution in [2.24, 2.45) is 0 Å². The summed E-state index contributed by atoms with van der Waals surface area (Å²) in [5.41, 5.74) is 5.37. The van der Waals surface area contributed by atoms with Gasteiger partial charge in [-0.1, -0.05) is 24.1 Å². The van der Waals surface area contributed by atoms with Gasteiger partial charge in [-0.05, 0) is 54.7 Å². The molecule has 5 heteroatoms. The molecule has 0 radical (unpaired) electrons. The molecule has 28 heavy (non-hydrogen) atoms. The molecule has 1 aliphatic rings. The first kappa shape index (κ1) is 16.6. The number of benzene rings is 2. The van der Waals surface area contributed by atoms with E-state index in [1.165, 1.54) is 11.1 Å². The highest BCUT2D eigenvalue weighted by Crippen LogP contribution is 2.36. The molecule has 0 spiro atoms. The van der Waals surface area contributed by atoms with Crippen LogP contribution in [0.15, 0.2) is 47.0 Å². The fraction of sp³-hybridized carbons (Fsp3) is 0.217. The summed E-state index contributed by atoms with van der Waals surface area (Å²) >= 11 is 0. The number of H-pyrrole nitrogens is 1. The van der Waals surface area contributed by atoms with E-state index in [0.717, 1.165) is 33.2 Å². The van der Waals surface area contributed by atoms with Gasteiger partial charge in [-0.2, -0.15) is 5.10 Å². The van der Waals surface area contributed by atoms with E-state index in [4.69, 9.17) is 4.42 Å². The third kappa shape index (κ3) is 2.57. The average Bonchev–Trinajstić information content (AvgIpc) is 3.26. The van der Waals surface area contributed by atoms with Crippen LogP contribution in [0, 0.1) is 18.8 Å². The highest BCUT2D eigenvalue weighted by Gasteiger charge is 2.33. The lowest BCUT2D eigenvalue weighted by atomic mass is 9.95. The second-order valence-electron chi connectivity index (χ2n) is 7.27. The van der Waals surface area contributed by atoms with Crippen LogP contribution in [0.3, 0.4) is 0 Å². The topological polar surface area (TPSA) is 62.1 Å². The first-order valence-electron chi connectivity index (χ1n) is 9.32. The monoisotopic (exact) mass is 369 g/mol. The van der Waals surface area contributed by atoms with E-state index in [1.54, 1.807) is 11.8 Å². The molecule has 5 nitrogen and oxygen atoms in total. The van der Waals surface area contributed by atoms with Crippen LogP contribution in [0.1, 0.15) is 24.2 Å². The van der Waals surface area contributed by atoms with Crippen molar-refractivity contribution in [1.82, 2.24) is 15.1 Å². The minimum absolute atomic E-state index is 0.110. The number of likely N-dealkylation sites (tertiary alicyclic amines) is 1. The van der Waals surface area contributed by atoms with Crippen LogP contribution < -0.4 is 0 Å². The molecule has 2 aromatic heterocycles. The van der Waals surface area contributed by atoms with Crippen molar-refractivity contribution in [1.29, 1.82) is 0 Å². The fourth-order valence-corrected chi connectivity index (χ4v) is 3.93. The predicted octanol–water partition coefficient (Wildman–Crippen LogP) is 4.23. The van der Waals surface area contributed by atoms with E-state index < -0.39 is 0 Å². The van der Waals surface area contributed by atoms with Crippen molar-refractivity contribution in [3.8, 4) is 23.0 Å². The SMILES string of the molecule is CC#CC(=O)N1CC(c2cc3ccc(-c4c(C)ccc5[nH]ncc45)cc3o2)C1. The molecule has 0 bridgehead atoms. The van der Waals surface area contributed by atoms with Crippen molar-refractivity contribution >= 4 is 27.8 Å². The van der Waals surface area contributed by atoms with E-state index in [0.29, 0.717) is 13.1 Å². The van der Waals surface area contributed by atoms with Gasteiger partial charge in [0.1, 0.15) is 11.3 Å². The number of nitrogens with one attached hydrogen (secondary N) is 1. The normalized spacial score (nSPS) is 14.1. The molecule has 0 saturated carbocycles. The van der Waals surface area contributed by atoms with E-state index >= 15 is 0 Å². The third-order valence-electron chi connectivity index (χ3n) is 5.46. The van der Waals surface area contributed by atoms with Crippen molar-refractivity contribution in [3.05, 3.63) is 53.9 Å². The molecule has 4 aromatic rings. The molecule has 0 aliphatic carbocycles. The van der Waals surface area contributed by atoms with E-state index in [1.807, 2.05) is 6.20 Å². The highest BCUT2D eigenvalue weighted by molar-refractivity contribution is 5.98. The van der Waals surface area contributed by atoms with Crippen LogP contribution >= 0.6 is 0 Å². The van der Waals surface area contributed by atoms with Crippen LogP contribution in [-0.4, -0.2) is 34.1 Å². The molecule has 1 saturated heterocycles. The van der Waals surface area contributed by atoms with Gasteiger partial charge >= 0.3 is 0 Å². The molecule has 5 rings (SSSR count). The number of aryl methyl sites for hydroxylation is 1. The van der Waals surface area contributed by atoms with Gasteiger partial charge in [0.05, 0.1) is 17.6 Å².